The van der Waals surface area contributed by atoms with Crippen LogP contribution in [-0.4, -0.2) is 41.1 Å². The van der Waals surface area contributed by atoms with Gasteiger partial charge < -0.3 is 14.5 Å². The first kappa shape index (κ1) is 19.3. The van der Waals surface area contributed by atoms with Crippen molar-refractivity contribution in [2.45, 2.75) is 26.0 Å². The Morgan fingerprint density at radius 2 is 2.16 bits per heavy atom. The minimum Gasteiger partial charge on any atom is -0.441 e. The fraction of sp³-hybridized carbons (Fsp3) is 0.444. The summed E-state index contributed by atoms with van der Waals surface area (Å²) in [7, 11) is 0.281. The minimum absolute atomic E-state index is 0.0426. The summed E-state index contributed by atoms with van der Waals surface area (Å²) < 4.78 is 22.8. The molecule has 0 saturated heterocycles. The number of aryl methyl sites for hydroxylation is 2. The number of carbonyl (C=O) groups is 1. The maximum Gasteiger partial charge on any atom is 0.232 e. The molecule has 1 atom stereocenters. The standard InChI is InChI=1S/C18H24N2O4S/c1-13-6-4-7-15(10-13)18-20-16(14(2)24-18)11-25(22)12-17(21)19-8-5-9-23-3/h4,6-7,10H,5,8-9,11-12H2,1-3H3,(H,19,21)/t25-/m1/s1. The Bertz CT molecular complexity index is 742. The van der Waals surface area contributed by atoms with Crippen molar-refractivity contribution < 1.29 is 18.2 Å². The van der Waals surface area contributed by atoms with Gasteiger partial charge in [-0.1, -0.05) is 17.7 Å². The summed E-state index contributed by atoms with van der Waals surface area (Å²) in [4.78, 5) is 16.2. The first-order valence-electron chi connectivity index (χ1n) is 8.13. The molecular formula is C18H24N2O4S. The molecule has 0 aliphatic carbocycles. The average molecular weight is 364 g/mol. The van der Waals surface area contributed by atoms with Crippen LogP contribution in [0.5, 0.6) is 0 Å². The number of nitrogens with one attached hydrogen (secondary N) is 1. The molecule has 1 aromatic heterocycles. The predicted molar refractivity (Wildman–Crippen MR) is 97.6 cm³/mol. The lowest BCUT2D eigenvalue weighted by Crippen LogP contribution is -2.30. The number of oxazole rings is 1. The van der Waals surface area contributed by atoms with Crippen molar-refractivity contribution in [3.05, 3.63) is 41.3 Å². The van der Waals surface area contributed by atoms with E-state index in [0.717, 1.165) is 17.5 Å². The van der Waals surface area contributed by atoms with E-state index in [1.807, 2.05) is 31.2 Å². The lowest BCUT2D eigenvalue weighted by Gasteiger charge is -2.04. The summed E-state index contributed by atoms with van der Waals surface area (Å²) in [6, 6.07) is 7.85. The zero-order valence-corrected chi connectivity index (χ0v) is 15.6. The van der Waals surface area contributed by atoms with Crippen LogP contribution in [0.4, 0.5) is 0 Å². The molecule has 7 heteroatoms. The molecule has 0 aliphatic heterocycles. The van der Waals surface area contributed by atoms with Gasteiger partial charge in [0.25, 0.3) is 0 Å². The Hall–Kier alpha value is -1.99. The van der Waals surface area contributed by atoms with E-state index in [4.69, 9.17) is 9.15 Å². The van der Waals surface area contributed by atoms with E-state index in [2.05, 4.69) is 10.3 Å². The van der Waals surface area contributed by atoms with Crippen LogP contribution >= 0.6 is 0 Å². The van der Waals surface area contributed by atoms with Crippen molar-refractivity contribution in [1.82, 2.24) is 10.3 Å². The highest BCUT2D eigenvalue weighted by Crippen LogP contribution is 2.23. The summed E-state index contributed by atoms with van der Waals surface area (Å²) in [5, 5.41) is 2.73. The van der Waals surface area contributed by atoms with Gasteiger partial charge in [-0.25, -0.2) is 4.98 Å². The minimum atomic E-state index is -1.33. The number of amides is 1. The maximum absolute atomic E-state index is 12.2. The Morgan fingerprint density at radius 1 is 1.36 bits per heavy atom. The predicted octanol–water partition coefficient (Wildman–Crippen LogP) is 2.36. The van der Waals surface area contributed by atoms with Crippen LogP contribution in [-0.2, 0) is 26.1 Å². The van der Waals surface area contributed by atoms with Gasteiger partial charge in [-0.3, -0.25) is 9.00 Å². The van der Waals surface area contributed by atoms with Crippen molar-refractivity contribution in [3.8, 4) is 11.5 Å². The molecule has 0 fully saturated rings. The van der Waals surface area contributed by atoms with Gasteiger partial charge in [0, 0.05) is 36.6 Å². The molecule has 2 rings (SSSR count). The molecule has 1 aromatic carbocycles. The molecule has 25 heavy (non-hydrogen) atoms. The molecule has 0 radical (unpaired) electrons. The maximum atomic E-state index is 12.2. The van der Waals surface area contributed by atoms with Gasteiger partial charge in [-0.15, -0.1) is 0 Å². The monoisotopic (exact) mass is 364 g/mol. The zero-order valence-electron chi connectivity index (χ0n) is 14.8. The number of nitrogens with zero attached hydrogens (tertiary/aromatic N) is 1. The molecule has 1 amide bonds. The smallest absolute Gasteiger partial charge is 0.232 e. The van der Waals surface area contributed by atoms with Gasteiger partial charge in [0.1, 0.15) is 11.5 Å². The Balaban J connectivity index is 1.92. The van der Waals surface area contributed by atoms with E-state index < -0.39 is 10.8 Å². The lowest BCUT2D eigenvalue weighted by molar-refractivity contribution is -0.118. The fourth-order valence-corrected chi connectivity index (χ4v) is 3.38. The van der Waals surface area contributed by atoms with E-state index in [1.165, 1.54) is 0 Å². The van der Waals surface area contributed by atoms with Crippen LogP contribution in [0, 0.1) is 13.8 Å². The van der Waals surface area contributed by atoms with Gasteiger partial charge >= 0.3 is 0 Å². The average Bonchev–Trinajstić information content (AvgIpc) is 2.92. The van der Waals surface area contributed by atoms with Crippen molar-refractivity contribution in [2.24, 2.45) is 0 Å². The molecular weight excluding hydrogens is 340 g/mol. The molecule has 136 valence electrons. The number of methoxy groups -OCH3 is 1. The second kappa shape index (κ2) is 9.48. The van der Waals surface area contributed by atoms with E-state index in [9.17, 15) is 9.00 Å². The van der Waals surface area contributed by atoms with Gasteiger partial charge in [-0.2, -0.15) is 0 Å². The summed E-state index contributed by atoms with van der Waals surface area (Å²) >= 11 is 0. The Morgan fingerprint density at radius 3 is 2.88 bits per heavy atom. The van der Waals surface area contributed by atoms with E-state index in [-0.39, 0.29) is 17.4 Å². The fourth-order valence-electron chi connectivity index (χ4n) is 2.31. The molecule has 0 saturated carbocycles. The third-order valence-corrected chi connectivity index (χ3v) is 4.77. The third kappa shape index (κ3) is 6.10. The highest BCUT2D eigenvalue weighted by atomic mass is 32.2. The summed E-state index contributed by atoms with van der Waals surface area (Å²) in [6.07, 6.45) is 0.733. The van der Waals surface area contributed by atoms with E-state index in [0.29, 0.717) is 30.5 Å². The van der Waals surface area contributed by atoms with Crippen molar-refractivity contribution in [2.75, 3.05) is 26.0 Å². The summed E-state index contributed by atoms with van der Waals surface area (Å²) in [5.74, 6) is 1.07. The summed E-state index contributed by atoms with van der Waals surface area (Å²) in [5.41, 5.74) is 2.63. The number of aromatic nitrogens is 1. The molecule has 6 nitrogen and oxygen atoms in total. The van der Waals surface area contributed by atoms with E-state index >= 15 is 0 Å². The van der Waals surface area contributed by atoms with Crippen LogP contribution < -0.4 is 5.32 Å². The number of hydrogen-bond donors (Lipinski definition) is 1. The van der Waals surface area contributed by atoms with Gasteiger partial charge in [0.15, 0.2) is 0 Å². The zero-order chi connectivity index (χ0) is 18.2. The second-order valence-corrected chi connectivity index (χ2v) is 7.27. The number of hydrogen-bond acceptors (Lipinski definition) is 5. The Kier molecular flexibility index (Phi) is 7.33. The molecule has 1 heterocycles. The van der Waals surface area contributed by atoms with Gasteiger partial charge in [0.05, 0.1) is 11.4 Å². The first-order chi connectivity index (χ1) is 12.0. The van der Waals surface area contributed by atoms with Gasteiger partial charge in [0.2, 0.25) is 11.8 Å². The molecule has 1 N–H and O–H groups in total. The highest BCUT2D eigenvalue weighted by Gasteiger charge is 2.16. The van der Waals surface area contributed by atoms with Gasteiger partial charge in [-0.05, 0) is 32.4 Å². The molecule has 2 aromatic rings. The SMILES string of the molecule is COCCCNC(=O)C[S@](=O)Cc1nc(-c2cccc(C)c2)oc1C. The largest absolute Gasteiger partial charge is 0.441 e. The van der Waals surface area contributed by atoms with E-state index in [1.54, 1.807) is 14.0 Å². The topological polar surface area (TPSA) is 81.4 Å². The van der Waals surface area contributed by atoms with Crippen molar-refractivity contribution in [3.63, 3.8) is 0 Å². The molecule has 0 bridgehead atoms. The molecule has 0 unspecified atom stereocenters. The quantitative estimate of drug-likeness (QED) is 0.691. The summed E-state index contributed by atoms with van der Waals surface area (Å²) in [6.45, 7) is 4.90. The lowest BCUT2D eigenvalue weighted by atomic mass is 10.1. The second-order valence-electron chi connectivity index (χ2n) is 5.82. The van der Waals surface area contributed by atoms with Crippen LogP contribution in [0.15, 0.2) is 28.7 Å². The number of rotatable bonds is 9. The van der Waals surface area contributed by atoms with Crippen LogP contribution in [0.3, 0.4) is 0 Å². The Labute approximate surface area is 150 Å². The van der Waals surface area contributed by atoms with Crippen molar-refractivity contribution >= 4 is 16.7 Å². The molecule has 0 spiro atoms. The number of ether oxygens (including phenoxy) is 1. The number of carbonyl (C=O) groups excluding carboxylic acids is 1. The highest BCUT2D eigenvalue weighted by molar-refractivity contribution is 7.84. The normalized spacial score (nSPS) is 12.1. The molecule has 0 aliphatic rings. The van der Waals surface area contributed by atoms with Crippen LogP contribution in [0.2, 0.25) is 0 Å². The third-order valence-electron chi connectivity index (χ3n) is 3.59. The van der Waals surface area contributed by atoms with Crippen LogP contribution in [0.25, 0.3) is 11.5 Å². The first-order valence-corrected chi connectivity index (χ1v) is 9.62. The number of benzene rings is 1. The van der Waals surface area contributed by atoms with Crippen LogP contribution in [0.1, 0.15) is 23.4 Å². The van der Waals surface area contributed by atoms with Crippen molar-refractivity contribution in [1.29, 1.82) is 0 Å².